The second-order valence-corrected chi connectivity index (χ2v) is 5.69. The van der Waals surface area contributed by atoms with Crippen LogP contribution in [-0.2, 0) is 0 Å². The Balaban J connectivity index is 2.09. The van der Waals surface area contributed by atoms with Gasteiger partial charge in [-0.2, -0.15) is 0 Å². The Kier molecular flexibility index (Phi) is 3.57. The van der Waals surface area contributed by atoms with E-state index in [1.807, 2.05) is 6.07 Å². The van der Waals surface area contributed by atoms with Gasteiger partial charge in [0.1, 0.15) is 0 Å². The van der Waals surface area contributed by atoms with Crippen molar-refractivity contribution in [2.75, 3.05) is 5.32 Å². The zero-order chi connectivity index (χ0) is 15.0. The first kappa shape index (κ1) is 13.9. The summed E-state index contributed by atoms with van der Waals surface area (Å²) in [6.45, 7) is 0. The number of H-pyrrole nitrogens is 1. The van der Waals surface area contributed by atoms with Crippen LogP contribution in [0, 0.1) is 0 Å². The SMILES string of the molecule is O=C(O)c1cc2[nH]cnc2cc1Nc1ccc(Br)cc1Cl. The molecule has 0 atom stereocenters. The summed E-state index contributed by atoms with van der Waals surface area (Å²) in [4.78, 5) is 18.4. The fourth-order valence-corrected chi connectivity index (χ4v) is 2.72. The summed E-state index contributed by atoms with van der Waals surface area (Å²) >= 11 is 9.47. The summed E-state index contributed by atoms with van der Waals surface area (Å²) in [6, 6.07) is 8.54. The molecule has 7 heteroatoms. The Hall–Kier alpha value is -2.05. The molecule has 0 saturated heterocycles. The maximum atomic E-state index is 11.4. The van der Waals surface area contributed by atoms with Crippen LogP contribution in [0.4, 0.5) is 11.4 Å². The van der Waals surface area contributed by atoms with Gasteiger partial charge >= 0.3 is 5.97 Å². The number of hydrogen-bond acceptors (Lipinski definition) is 3. The van der Waals surface area contributed by atoms with Gasteiger partial charge in [-0.15, -0.1) is 0 Å². The van der Waals surface area contributed by atoms with Crippen molar-refractivity contribution in [1.29, 1.82) is 0 Å². The minimum absolute atomic E-state index is 0.144. The van der Waals surface area contributed by atoms with Gasteiger partial charge in [0.05, 0.1) is 39.3 Å². The molecule has 1 aromatic heterocycles. The topological polar surface area (TPSA) is 78.0 Å². The third-order valence-electron chi connectivity index (χ3n) is 2.99. The first-order chi connectivity index (χ1) is 10.0. The molecule has 0 unspecified atom stereocenters. The van der Waals surface area contributed by atoms with Gasteiger partial charge in [0.2, 0.25) is 0 Å². The number of carboxylic acid groups (broad SMARTS) is 1. The molecule has 0 saturated carbocycles. The number of benzene rings is 2. The van der Waals surface area contributed by atoms with E-state index in [0.29, 0.717) is 27.4 Å². The van der Waals surface area contributed by atoms with Crippen molar-refractivity contribution in [3.8, 4) is 0 Å². The predicted octanol–water partition coefficient (Wildman–Crippen LogP) is 4.42. The van der Waals surface area contributed by atoms with Crippen molar-refractivity contribution in [1.82, 2.24) is 9.97 Å². The van der Waals surface area contributed by atoms with Gasteiger partial charge in [-0.1, -0.05) is 27.5 Å². The van der Waals surface area contributed by atoms with E-state index in [9.17, 15) is 9.90 Å². The fourth-order valence-electron chi connectivity index (χ4n) is 2.00. The van der Waals surface area contributed by atoms with Gasteiger partial charge in [-0.3, -0.25) is 0 Å². The van der Waals surface area contributed by atoms with Gasteiger partial charge in [0.25, 0.3) is 0 Å². The molecule has 5 nitrogen and oxygen atoms in total. The summed E-state index contributed by atoms with van der Waals surface area (Å²) < 4.78 is 0.847. The molecule has 1 heterocycles. The molecule has 3 aromatic rings. The van der Waals surface area contributed by atoms with Crippen molar-refractivity contribution in [2.45, 2.75) is 0 Å². The van der Waals surface area contributed by atoms with Crippen LogP contribution in [0.2, 0.25) is 5.02 Å². The summed E-state index contributed by atoms with van der Waals surface area (Å²) in [5.74, 6) is -1.03. The Labute approximate surface area is 133 Å². The second-order valence-electron chi connectivity index (χ2n) is 4.37. The van der Waals surface area contributed by atoms with E-state index < -0.39 is 5.97 Å². The van der Waals surface area contributed by atoms with Gasteiger partial charge in [-0.25, -0.2) is 9.78 Å². The van der Waals surface area contributed by atoms with Gasteiger partial charge in [0.15, 0.2) is 0 Å². The lowest BCUT2D eigenvalue weighted by molar-refractivity contribution is 0.0698. The molecular weight excluding hydrogens is 358 g/mol. The minimum atomic E-state index is -1.03. The van der Waals surface area contributed by atoms with Crippen LogP contribution in [0.1, 0.15) is 10.4 Å². The van der Waals surface area contributed by atoms with Crippen LogP contribution < -0.4 is 5.32 Å². The van der Waals surface area contributed by atoms with Crippen molar-refractivity contribution < 1.29 is 9.90 Å². The van der Waals surface area contributed by atoms with E-state index in [-0.39, 0.29) is 5.56 Å². The zero-order valence-corrected chi connectivity index (χ0v) is 12.9. The minimum Gasteiger partial charge on any atom is -0.478 e. The Morgan fingerprint density at radius 2 is 2.10 bits per heavy atom. The highest BCUT2D eigenvalue weighted by Crippen LogP contribution is 2.31. The average molecular weight is 367 g/mol. The molecule has 0 bridgehead atoms. The number of carbonyl (C=O) groups is 1. The normalized spacial score (nSPS) is 10.8. The van der Waals surface area contributed by atoms with Gasteiger partial charge in [0, 0.05) is 4.47 Å². The molecule has 0 aliphatic rings. The monoisotopic (exact) mass is 365 g/mol. The lowest BCUT2D eigenvalue weighted by Gasteiger charge is -2.11. The van der Waals surface area contributed by atoms with E-state index in [2.05, 4.69) is 31.2 Å². The number of fused-ring (bicyclic) bond motifs is 1. The number of aromatic nitrogens is 2. The molecule has 0 fully saturated rings. The molecular formula is C14H9BrClN3O2. The van der Waals surface area contributed by atoms with Crippen molar-refractivity contribution in [3.05, 3.63) is 51.7 Å². The van der Waals surface area contributed by atoms with Gasteiger partial charge < -0.3 is 15.4 Å². The maximum absolute atomic E-state index is 11.4. The highest BCUT2D eigenvalue weighted by molar-refractivity contribution is 9.10. The summed E-state index contributed by atoms with van der Waals surface area (Å²) in [6.07, 6.45) is 1.52. The Morgan fingerprint density at radius 1 is 1.29 bits per heavy atom. The number of hydrogen-bond donors (Lipinski definition) is 3. The van der Waals surface area contributed by atoms with Crippen LogP contribution >= 0.6 is 27.5 Å². The van der Waals surface area contributed by atoms with E-state index in [1.54, 1.807) is 24.3 Å². The van der Waals surface area contributed by atoms with Crippen LogP contribution in [0.25, 0.3) is 11.0 Å². The Bertz CT molecular complexity index is 847. The number of aromatic carboxylic acids is 1. The Morgan fingerprint density at radius 3 is 2.81 bits per heavy atom. The number of nitrogens with zero attached hydrogens (tertiary/aromatic N) is 1. The number of aromatic amines is 1. The first-order valence-electron chi connectivity index (χ1n) is 5.97. The van der Waals surface area contributed by atoms with Crippen molar-refractivity contribution in [2.24, 2.45) is 0 Å². The van der Waals surface area contributed by atoms with Gasteiger partial charge in [-0.05, 0) is 30.3 Å². The summed E-state index contributed by atoms with van der Waals surface area (Å²) in [5, 5.41) is 12.9. The van der Waals surface area contributed by atoms with Crippen LogP contribution in [0.3, 0.4) is 0 Å². The van der Waals surface area contributed by atoms with Crippen LogP contribution in [0.5, 0.6) is 0 Å². The molecule has 21 heavy (non-hydrogen) atoms. The summed E-state index contributed by atoms with van der Waals surface area (Å²) in [5.41, 5.74) is 2.55. The van der Waals surface area contributed by atoms with E-state index >= 15 is 0 Å². The number of nitrogens with one attached hydrogen (secondary N) is 2. The molecule has 0 aliphatic carbocycles. The third kappa shape index (κ3) is 2.72. The lowest BCUT2D eigenvalue weighted by Crippen LogP contribution is -2.03. The number of anilines is 2. The lowest BCUT2D eigenvalue weighted by atomic mass is 10.1. The third-order valence-corrected chi connectivity index (χ3v) is 3.80. The number of carboxylic acids is 1. The van der Waals surface area contributed by atoms with E-state index in [4.69, 9.17) is 11.6 Å². The summed E-state index contributed by atoms with van der Waals surface area (Å²) in [7, 11) is 0. The largest absolute Gasteiger partial charge is 0.478 e. The zero-order valence-electron chi connectivity index (χ0n) is 10.5. The quantitative estimate of drug-likeness (QED) is 0.641. The molecule has 3 rings (SSSR count). The molecule has 0 spiro atoms. The van der Waals surface area contributed by atoms with Crippen LogP contribution in [-0.4, -0.2) is 21.0 Å². The maximum Gasteiger partial charge on any atom is 0.337 e. The molecule has 0 radical (unpaired) electrons. The molecule has 0 aliphatic heterocycles. The van der Waals surface area contributed by atoms with Crippen molar-refractivity contribution in [3.63, 3.8) is 0 Å². The fraction of sp³-hybridized carbons (Fsp3) is 0. The van der Waals surface area contributed by atoms with E-state index in [1.165, 1.54) is 6.33 Å². The first-order valence-corrected chi connectivity index (χ1v) is 7.14. The highest BCUT2D eigenvalue weighted by atomic mass is 79.9. The number of halogens is 2. The smallest absolute Gasteiger partial charge is 0.337 e. The van der Waals surface area contributed by atoms with E-state index in [0.717, 1.165) is 4.47 Å². The second kappa shape index (κ2) is 5.38. The van der Waals surface area contributed by atoms with Crippen LogP contribution in [0.15, 0.2) is 41.1 Å². The molecule has 106 valence electrons. The van der Waals surface area contributed by atoms with Crippen molar-refractivity contribution >= 4 is 55.9 Å². The molecule has 0 amide bonds. The molecule has 3 N–H and O–H groups in total. The molecule has 2 aromatic carbocycles. The standard InChI is InChI=1S/C14H9BrClN3O2/c15-7-1-2-10(9(16)3-7)19-11-5-13-12(17-6-18-13)4-8(11)14(20)21/h1-6,19H,(H,17,18)(H,20,21). The highest BCUT2D eigenvalue weighted by Gasteiger charge is 2.14. The predicted molar refractivity (Wildman–Crippen MR) is 85.5 cm³/mol. The number of imidazole rings is 1. The number of rotatable bonds is 3. The average Bonchev–Trinajstić information content (AvgIpc) is 2.88.